The Bertz CT molecular complexity index is 1110. The molecule has 2 N–H and O–H groups in total. The lowest BCUT2D eigenvalue weighted by Crippen LogP contribution is -2.30. The van der Waals surface area contributed by atoms with Gasteiger partial charge in [0.25, 0.3) is 0 Å². The van der Waals surface area contributed by atoms with E-state index in [1.807, 2.05) is 19.9 Å². The minimum atomic E-state index is -3.78. The van der Waals surface area contributed by atoms with Gasteiger partial charge in [-0.2, -0.15) is 0 Å². The van der Waals surface area contributed by atoms with Crippen molar-refractivity contribution in [3.05, 3.63) is 47.0 Å². The average Bonchev–Trinajstić information content (AvgIpc) is 3.44. The molecule has 1 spiro atoms. The third-order valence-corrected chi connectivity index (χ3v) is 9.42. The van der Waals surface area contributed by atoms with Gasteiger partial charge in [-0.3, -0.25) is 0 Å². The monoisotopic (exact) mass is 456 g/mol. The van der Waals surface area contributed by atoms with E-state index in [-0.39, 0.29) is 4.90 Å². The highest BCUT2D eigenvalue weighted by atomic mass is 32.2. The minimum Gasteiger partial charge on any atom is -0.497 e. The van der Waals surface area contributed by atoms with Crippen molar-refractivity contribution < 1.29 is 13.2 Å². The summed E-state index contributed by atoms with van der Waals surface area (Å²) in [5.41, 5.74) is 5.43. The number of sulfonamides is 1. The Balaban J connectivity index is 1.61. The summed E-state index contributed by atoms with van der Waals surface area (Å²) >= 11 is 0. The summed E-state index contributed by atoms with van der Waals surface area (Å²) in [7, 11) is -3.78. The molecule has 3 aliphatic carbocycles. The van der Waals surface area contributed by atoms with Crippen LogP contribution in [0.15, 0.2) is 40.5 Å². The van der Waals surface area contributed by atoms with Crippen molar-refractivity contribution >= 4 is 15.6 Å². The average molecular weight is 457 g/mol. The SMILES string of the molecule is C=C(C)C1=C2OCCC3(CC3)C2CC(c2cc(S(N)(=O)=O)c(C)n2CC2CCCCC2)=C1. The Labute approximate surface area is 192 Å². The summed E-state index contributed by atoms with van der Waals surface area (Å²) in [4.78, 5) is 0.261. The molecule has 1 aliphatic heterocycles. The predicted octanol–water partition coefficient (Wildman–Crippen LogP) is 5.46. The molecule has 2 saturated carbocycles. The molecule has 6 heteroatoms. The van der Waals surface area contributed by atoms with Crippen LogP contribution < -0.4 is 5.14 Å². The molecule has 0 bridgehead atoms. The van der Waals surface area contributed by atoms with Gasteiger partial charge < -0.3 is 9.30 Å². The first kappa shape index (κ1) is 22.0. The maximum Gasteiger partial charge on any atom is 0.239 e. The minimum absolute atomic E-state index is 0.261. The first-order chi connectivity index (χ1) is 15.2. The number of allylic oxidation sites excluding steroid dienone is 5. The van der Waals surface area contributed by atoms with Crippen molar-refractivity contribution in [2.75, 3.05) is 6.61 Å². The molecule has 1 saturated heterocycles. The summed E-state index contributed by atoms with van der Waals surface area (Å²) in [5.74, 6) is 2.06. The molecular formula is C26H36N2O3S. The Hall–Kier alpha value is -1.79. The summed E-state index contributed by atoms with van der Waals surface area (Å²) in [6, 6.07) is 1.82. The van der Waals surface area contributed by atoms with Crippen molar-refractivity contribution in [1.29, 1.82) is 0 Å². The van der Waals surface area contributed by atoms with Crippen LogP contribution in [0.5, 0.6) is 0 Å². The number of hydrogen-bond acceptors (Lipinski definition) is 3. The van der Waals surface area contributed by atoms with Gasteiger partial charge in [-0.1, -0.05) is 25.8 Å². The highest BCUT2D eigenvalue weighted by Crippen LogP contribution is 2.63. The van der Waals surface area contributed by atoms with Crippen molar-refractivity contribution in [3.8, 4) is 0 Å². The Kier molecular flexibility index (Phi) is 5.44. The first-order valence-corrected chi connectivity index (χ1v) is 13.7. The molecule has 2 heterocycles. The van der Waals surface area contributed by atoms with E-state index < -0.39 is 10.0 Å². The van der Waals surface area contributed by atoms with E-state index in [4.69, 9.17) is 9.88 Å². The van der Waals surface area contributed by atoms with Crippen LogP contribution >= 0.6 is 0 Å². The second-order valence-corrected chi connectivity index (χ2v) is 12.1. The smallest absolute Gasteiger partial charge is 0.239 e. The van der Waals surface area contributed by atoms with Gasteiger partial charge >= 0.3 is 0 Å². The summed E-state index contributed by atoms with van der Waals surface area (Å²) in [5, 5.41) is 5.63. The number of aromatic nitrogens is 1. The van der Waals surface area contributed by atoms with E-state index in [9.17, 15) is 8.42 Å². The number of hydrogen-bond donors (Lipinski definition) is 1. The highest BCUT2D eigenvalue weighted by Gasteiger charge is 2.54. The third-order valence-electron chi connectivity index (χ3n) is 8.39. The van der Waals surface area contributed by atoms with Gasteiger partial charge in [0.15, 0.2) is 0 Å². The van der Waals surface area contributed by atoms with Crippen LogP contribution in [0, 0.1) is 24.2 Å². The molecule has 174 valence electrons. The van der Waals surface area contributed by atoms with Crippen molar-refractivity contribution in [3.63, 3.8) is 0 Å². The Morgan fingerprint density at radius 3 is 2.59 bits per heavy atom. The number of nitrogens with two attached hydrogens (primary N) is 1. The van der Waals surface area contributed by atoms with Crippen LogP contribution in [0.2, 0.25) is 0 Å². The molecule has 1 aromatic heterocycles. The van der Waals surface area contributed by atoms with Gasteiger partial charge in [-0.15, -0.1) is 0 Å². The van der Waals surface area contributed by atoms with Crippen LogP contribution in [0.25, 0.3) is 5.57 Å². The molecule has 1 aromatic rings. The summed E-state index contributed by atoms with van der Waals surface area (Å²) < 4.78 is 33.3. The fourth-order valence-electron chi connectivity index (χ4n) is 6.32. The van der Waals surface area contributed by atoms with E-state index in [2.05, 4.69) is 17.2 Å². The van der Waals surface area contributed by atoms with E-state index in [0.717, 1.165) is 54.3 Å². The molecule has 1 atom stereocenters. The molecule has 5 rings (SSSR count). The van der Waals surface area contributed by atoms with Crippen LogP contribution in [-0.2, 0) is 21.3 Å². The van der Waals surface area contributed by atoms with Gasteiger partial charge in [-0.05, 0) is 87.0 Å². The van der Waals surface area contributed by atoms with Gasteiger partial charge in [0.1, 0.15) is 10.7 Å². The first-order valence-electron chi connectivity index (χ1n) is 12.2. The predicted molar refractivity (Wildman–Crippen MR) is 127 cm³/mol. The van der Waals surface area contributed by atoms with Gasteiger partial charge in [0.05, 0.1) is 6.61 Å². The van der Waals surface area contributed by atoms with Crippen LogP contribution in [0.1, 0.15) is 76.1 Å². The lowest BCUT2D eigenvalue weighted by atomic mass is 9.73. The maximum absolute atomic E-state index is 12.4. The topological polar surface area (TPSA) is 74.3 Å². The molecule has 0 amide bonds. The third kappa shape index (κ3) is 3.79. The van der Waals surface area contributed by atoms with Gasteiger partial charge in [0, 0.05) is 29.4 Å². The zero-order chi connectivity index (χ0) is 22.7. The molecule has 4 aliphatic rings. The zero-order valence-corrected chi connectivity index (χ0v) is 20.3. The Morgan fingerprint density at radius 2 is 1.97 bits per heavy atom. The highest BCUT2D eigenvalue weighted by molar-refractivity contribution is 7.89. The van der Waals surface area contributed by atoms with Crippen LogP contribution in [0.3, 0.4) is 0 Å². The molecule has 5 nitrogen and oxygen atoms in total. The zero-order valence-electron chi connectivity index (χ0n) is 19.5. The fraction of sp³-hybridized carbons (Fsp3) is 0.615. The largest absolute Gasteiger partial charge is 0.497 e. The molecule has 0 aromatic carbocycles. The van der Waals surface area contributed by atoms with E-state index in [0.29, 0.717) is 17.3 Å². The van der Waals surface area contributed by atoms with Crippen LogP contribution in [0.4, 0.5) is 0 Å². The quantitative estimate of drug-likeness (QED) is 0.639. The van der Waals surface area contributed by atoms with Crippen molar-refractivity contribution in [1.82, 2.24) is 4.57 Å². The number of ether oxygens (including phenoxy) is 1. The van der Waals surface area contributed by atoms with Crippen molar-refractivity contribution in [2.24, 2.45) is 22.4 Å². The van der Waals surface area contributed by atoms with Gasteiger partial charge in [-0.25, -0.2) is 13.6 Å². The second-order valence-electron chi connectivity index (χ2n) is 10.6. The molecular weight excluding hydrogens is 420 g/mol. The van der Waals surface area contributed by atoms with E-state index >= 15 is 0 Å². The number of nitrogens with zero attached hydrogens (tertiary/aromatic N) is 1. The summed E-state index contributed by atoms with van der Waals surface area (Å²) in [6.07, 6.45) is 13.0. The lowest BCUT2D eigenvalue weighted by molar-refractivity contribution is 0.0703. The second kappa shape index (κ2) is 7.91. The molecule has 3 fully saturated rings. The normalized spacial score (nSPS) is 25.3. The number of fused-ring (bicyclic) bond motifs is 2. The number of primary sulfonamides is 1. The molecule has 1 unspecified atom stereocenters. The molecule has 32 heavy (non-hydrogen) atoms. The van der Waals surface area contributed by atoms with Gasteiger partial charge in [0.2, 0.25) is 10.0 Å². The summed E-state index contributed by atoms with van der Waals surface area (Å²) in [6.45, 7) is 9.84. The standard InChI is InChI=1S/C26H36N2O3S/c1-17(2)21-13-20(14-22-25(21)31-12-11-26(22)9-10-26)23-15-24(32(27,29)30)18(3)28(23)16-19-7-5-4-6-8-19/h13,15,19,22H,1,4-12,14,16H2,2-3H3,(H2,27,29,30). The van der Waals surface area contributed by atoms with E-state index in [1.165, 1.54) is 50.5 Å². The van der Waals surface area contributed by atoms with Crippen LogP contribution in [-0.4, -0.2) is 19.6 Å². The maximum atomic E-state index is 12.4. The fourth-order valence-corrected chi connectivity index (χ4v) is 7.12. The number of rotatable bonds is 5. The van der Waals surface area contributed by atoms with Crippen molar-refractivity contribution in [2.45, 2.75) is 83.1 Å². The lowest BCUT2D eigenvalue weighted by Gasteiger charge is -2.39. The molecule has 0 radical (unpaired) electrons. The van der Waals surface area contributed by atoms with E-state index in [1.54, 1.807) is 0 Å². The Morgan fingerprint density at radius 1 is 1.25 bits per heavy atom.